The van der Waals surface area contributed by atoms with Crippen molar-refractivity contribution in [2.45, 2.75) is 51.0 Å². The van der Waals surface area contributed by atoms with Gasteiger partial charge in [0.05, 0.1) is 6.04 Å². The second-order valence-corrected chi connectivity index (χ2v) is 6.89. The van der Waals surface area contributed by atoms with Gasteiger partial charge < -0.3 is 14.4 Å². The molecule has 0 unspecified atom stereocenters. The van der Waals surface area contributed by atoms with E-state index < -0.39 is 0 Å². The van der Waals surface area contributed by atoms with Crippen LogP contribution in [0.2, 0.25) is 0 Å². The van der Waals surface area contributed by atoms with Crippen LogP contribution in [0.5, 0.6) is 11.5 Å². The monoisotopic (exact) mass is 301 g/mol. The van der Waals surface area contributed by atoms with Crippen LogP contribution < -0.4 is 9.47 Å². The smallest absolute Gasteiger partial charge is 0.219 e. The van der Waals surface area contributed by atoms with E-state index in [4.69, 9.17) is 9.47 Å². The Morgan fingerprint density at radius 3 is 2.45 bits per heavy atom. The van der Waals surface area contributed by atoms with Crippen molar-refractivity contribution in [3.63, 3.8) is 0 Å². The zero-order valence-electron chi connectivity index (χ0n) is 13.4. The van der Waals surface area contributed by atoms with Crippen molar-refractivity contribution in [2.24, 2.45) is 0 Å². The molecule has 1 aromatic carbocycles. The van der Waals surface area contributed by atoms with E-state index in [0.717, 1.165) is 30.9 Å². The van der Waals surface area contributed by atoms with Gasteiger partial charge in [-0.3, -0.25) is 4.79 Å². The Morgan fingerprint density at radius 1 is 1.18 bits per heavy atom. The van der Waals surface area contributed by atoms with E-state index in [1.807, 2.05) is 4.90 Å². The van der Waals surface area contributed by atoms with E-state index in [2.05, 4.69) is 19.1 Å². The SMILES string of the molecule is CC(=O)N1CC2(CCCC2)c2cc3c(cc2[C@@H]1C)OCCO3. The molecule has 0 radical (unpaired) electrons. The van der Waals surface area contributed by atoms with Crippen LogP contribution in [-0.4, -0.2) is 30.6 Å². The van der Waals surface area contributed by atoms with Gasteiger partial charge in [-0.05, 0) is 43.0 Å². The molecule has 1 spiro atoms. The van der Waals surface area contributed by atoms with Crippen LogP contribution in [0.1, 0.15) is 56.7 Å². The maximum Gasteiger partial charge on any atom is 0.219 e. The summed E-state index contributed by atoms with van der Waals surface area (Å²) < 4.78 is 11.6. The number of carbonyl (C=O) groups is 1. The average molecular weight is 301 g/mol. The molecule has 1 amide bonds. The maximum atomic E-state index is 12.1. The molecule has 0 saturated heterocycles. The Balaban J connectivity index is 1.88. The highest BCUT2D eigenvalue weighted by atomic mass is 16.6. The van der Waals surface area contributed by atoms with Gasteiger partial charge in [-0.1, -0.05) is 12.8 Å². The number of fused-ring (bicyclic) bond motifs is 3. The van der Waals surface area contributed by atoms with Crippen molar-refractivity contribution in [3.05, 3.63) is 23.3 Å². The molecule has 118 valence electrons. The number of benzene rings is 1. The third-order valence-electron chi connectivity index (χ3n) is 5.64. The number of hydrogen-bond donors (Lipinski definition) is 0. The van der Waals surface area contributed by atoms with Crippen molar-refractivity contribution in [1.82, 2.24) is 4.90 Å². The van der Waals surface area contributed by atoms with Crippen molar-refractivity contribution in [3.8, 4) is 11.5 Å². The Morgan fingerprint density at radius 2 is 1.82 bits per heavy atom. The first-order valence-electron chi connectivity index (χ1n) is 8.32. The second-order valence-electron chi connectivity index (χ2n) is 6.89. The molecule has 22 heavy (non-hydrogen) atoms. The fourth-order valence-corrected chi connectivity index (χ4v) is 4.49. The van der Waals surface area contributed by atoms with Crippen molar-refractivity contribution < 1.29 is 14.3 Å². The van der Waals surface area contributed by atoms with Gasteiger partial charge in [0.2, 0.25) is 5.91 Å². The van der Waals surface area contributed by atoms with Gasteiger partial charge >= 0.3 is 0 Å². The number of carbonyl (C=O) groups excluding carboxylic acids is 1. The zero-order chi connectivity index (χ0) is 15.3. The van der Waals surface area contributed by atoms with Crippen LogP contribution in [0.25, 0.3) is 0 Å². The highest BCUT2D eigenvalue weighted by Gasteiger charge is 2.45. The summed E-state index contributed by atoms with van der Waals surface area (Å²) in [5, 5.41) is 0. The number of nitrogens with zero attached hydrogens (tertiary/aromatic N) is 1. The van der Waals surface area contributed by atoms with Crippen LogP contribution >= 0.6 is 0 Å². The Kier molecular flexibility index (Phi) is 3.10. The fraction of sp³-hybridized carbons (Fsp3) is 0.611. The van der Waals surface area contributed by atoms with Crippen LogP contribution in [0.15, 0.2) is 12.1 Å². The first-order valence-corrected chi connectivity index (χ1v) is 8.32. The summed E-state index contributed by atoms with van der Waals surface area (Å²) in [5.74, 6) is 1.87. The largest absolute Gasteiger partial charge is 0.486 e. The maximum absolute atomic E-state index is 12.1. The van der Waals surface area contributed by atoms with Gasteiger partial charge in [-0.25, -0.2) is 0 Å². The number of rotatable bonds is 0. The predicted octanol–water partition coefficient (Wildman–Crippen LogP) is 3.19. The molecular weight excluding hydrogens is 278 g/mol. The molecule has 2 heterocycles. The Bertz CT molecular complexity index is 619. The van der Waals surface area contributed by atoms with E-state index in [1.165, 1.54) is 24.0 Å². The minimum absolute atomic E-state index is 0.106. The number of ether oxygens (including phenoxy) is 2. The summed E-state index contributed by atoms with van der Waals surface area (Å²) in [6.45, 7) is 5.87. The van der Waals surface area contributed by atoms with E-state index in [9.17, 15) is 4.79 Å². The lowest BCUT2D eigenvalue weighted by atomic mass is 9.71. The van der Waals surface area contributed by atoms with Gasteiger partial charge in [-0.2, -0.15) is 0 Å². The molecule has 4 nitrogen and oxygen atoms in total. The fourth-order valence-electron chi connectivity index (χ4n) is 4.49. The molecule has 0 aromatic heterocycles. The summed E-state index contributed by atoms with van der Waals surface area (Å²) in [6.07, 6.45) is 4.81. The van der Waals surface area contributed by atoms with E-state index in [0.29, 0.717) is 13.2 Å². The highest BCUT2D eigenvalue weighted by Crippen LogP contribution is 2.51. The van der Waals surface area contributed by atoms with Gasteiger partial charge in [0.15, 0.2) is 11.5 Å². The normalized spacial score (nSPS) is 25.2. The quantitative estimate of drug-likeness (QED) is 0.738. The van der Waals surface area contributed by atoms with Crippen LogP contribution in [0, 0.1) is 0 Å². The summed E-state index contributed by atoms with van der Waals surface area (Å²) in [6, 6.07) is 4.42. The Hall–Kier alpha value is -1.71. The zero-order valence-corrected chi connectivity index (χ0v) is 13.4. The van der Waals surface area contributed by atoms with E-state index >= 15 is 0 Å². The average Bonchev–Trinajstić information content (AvgIpc) is 2.99. The lowest BCUT2D eigenvalue weighted by molar-refractivity contribution is -0.132. The summed E-state index contributed by atoms with van der Waals surface area (Å²) >= 11 is 0. The molecule has 4 rings (SSSR count). The molecular formula is C18H23NO3. The molecule has 1 aliphatic carbocycles. The van der Waals surface area contributed by atoms with Crippen LogP contribution in [0.4, 0.5) is 0 Å². The molecule has 0 bridgehead atoms. The molecule has 4 heteroatoms. The third-order valence-corrected chi connectivity index (χ3v) is 5.64. The summed E-state index contributed by atoms with van der Waals surface area (Å²) in [5.41, 5.74) is 2.75. The predicted molar refractivity (Wildman–Crippen MR) is 83.4 cm³/mol. The first-order chi connectivity index (χ1) is 10.6. The molecule has 0 N–H and O–H groups in total. The van der Waals surface area contributed by atoms with Gasteiger partial charge in [0, 0.05) is 18.9 Å². The number of hydrogen-bond acceptors (Lipinski definition) is 3. The van der Waals surface area contributed by atoms with E-state index in [-0.39, 0.29) is 17.4 Å². The summed E-state index contributed by atoms with van der Waals surface area (Å²) in [4.78, 5) is 14.1. The molecule has 1 fully saturated rings. The molecule has 1 atom stereocenters. The lowest BCUT2D eigenvalue weighted by Crippen LogP contribution is -2.48. The van der Waals surface area contributed by atoms with Gasteiger partial charge in [0.25, 0.3) is 0 Å². The summed E-state index contributed by atoms with van der Waals surface area (Å²) in [7, 11) is 0. The van der Waals surface area contributed by atoms with Gasteiger partial charge in [-0.15, -0.1) is 0 Å². The first kappa shape index (κ1) is 13.9. The standard InChI is InChI=1S/C18H23NO3/c1-12-14-9-16-17(22-8-7-21-16)10-15(14)18(5-3-4-6-18)11-19(12)13(2)20/h9-10,12H,3-8,11H2,1-2H3/t12-/m0/s1. The van der Waals surface area contributed by atoms with Crippen LogP contribution in [0.3, 0.4) is 0 Å². The van der Waals surface area contributed by atoms with E-state index in [1.54, 1.807) is 6.92 Å². The number of amides is 1. The van der Waals surface area contributed by atoms with Crippen molar-refractivity contribution >= 4 is 5.91 Å². The van der Waals surface area contributed by atoms with Crippen LogP contribution in [-0.2, 0) is 10.2 Å². The molecule has 2 aliphatic heterocycles. The second kappa shape index (κ2) is 4.90. The molecule has 1 saturated carbocycles. The molecule has 3 aliphatic rings. The topological polar surface area (TPSA) is 38.8 Å². The van der Waals surface area contributed by atoms with Gasteiger partial charge in [0.1, 0.15) is 13.2 Å². The Labute approximate surface area is 131 Å². The molecule has 1 aromatic rings. The minimum atomic E-state index is 0.106. The lowest BCUT2D eigenvalue weighted by Gasteiger charge is -2.46. The highest BCUT2D eigenvalue weighted by molar-refractivity contribution is 5.75. The minimum Gasteiger partial charge on any atom is -0.486 e. The third kappa shape index (κ3) is 1.93. The van der Waals surface area contributed by atoms with Crippen molar-refractivity contribution in [1.29, 1.82) is 0 Å². The van der Waals surface area contributed by atoms with Crippen molar-refractivity contribution in [2.75, 3.05) is 19.8 Å².